The van der Waals surface area contributed by atoms with Crippen molar-refractivity contribution >= 4 is 0 Å². The summed E-state index contributed by atoms with van der Waals surface area (Å²) in [5.74, 6) is 0. The first kappa shape index (κ1) is 13.8. The predicted molar refractivity (Wildman–Crippen MR) is 79.1 cm³/mol. The second kappa shape index (κ2) is 5.57. The van der Waals surface area contributed by atoms with Gasteiger partial charge >= 0.3 is 0 Å². The van der Waals surface area contributed by atoms with Crippen molar-refractivity contribution < 1.29 is 0 Å². The van der Waals surface area contributed by atoms with Gasteiger partial charge in [-0.2, -0.15) is 5.10 Å². The number of aromatic nitrogens is 2. The van der Waals surface area contributed by atoms with Gasteiger partial charge in [0.05, 0.1) is 5.69 Å². The molecule has 0 saturated heterocycles. The molecule has 1 aromatic carbocycles. The molecule has 1 atom stereocenters. The zero-order chi connectivity index (χ0) is 14.0. The van der Waals surface area contributed by atoms with Gasteiger partial charge in [-0.25, -0.2) is 0 Å². The molecule has 2 aromatic rings. The highest BCUT2D eigenvalue weighted by Gasteiger charge is 2.10. The van der Waals surface area contributed by atoms with Crippen LogP contribution in [0.3, 0.4) is 0 Å². The fraction of sp³-hybridized carbons (Fsp3) is 0.438. The number of aryl methyl sites for hydroxylation is 4. The van der Waals surface area contributed by atoms with Crippen LogP contribution in [0, 0.1) is 20.8 Å². The Morgan fingerprint density at radius 2 is 1.84 bits per heavy atom. The monoisotopic (exact) mass is 257 g/mol. The first-order valence-corrected chi connectivity index (χ1v) is 6.77. The molecule has 0 aliphatic rings. The number of nitrogens with zero attached hydrogens (tertiary/aromatic N) is 2. The van der Waals surface area contributed by atoms with E-state index in [1.807, 2.05) is 24.0 Å². The number of benzene rings is 1. The Morgan fingerprint density at radius 3 is 2.47 bits per heavy atom. The molecule has 0 amide bonds. The molecule has 1 N–H and O–H groups in total. The van der Waals surface area contributed by atoms with Gasteiger partial charge in [-0.15, -0.1) is 0 Å². The summed E-state index contributed by atoms with van der Waals surface area (Å²) in [4.78, 5) is 0. The molecule has 3 heteroatoms. The lowest BCUT2D eigenvalue weighted by molar-refractivity contribution is 0.546. The molecule has 0 bridgehead atoms. The minimum Gasteiger partial charge on any atom is -0.305 e. The summed E-state index contributed by atoms with van der Waals surface area (Å²) in [7, 11) is 1.98. The highest BCUT2D eigenvalue weighted by molar-refractivity contribution is 5.38. The van der Waals surface area contributed by atoms with Gasteiger partial charge in [-0.3, -0.25) is 4.68 Å². The maximum atomic E-state index is 4.19. The third-order valence-electron chi connectivity index (χ3n) is 3.86. The lowest BCUT2D eigenvalue weighted by Crippen LogP contribution is -2.20. The fourth-order valence-corrected chi connectivity index (χ4v) is 2.39. The van der Waals surface area contributed by atoms with Crippen molar-refractivity contribution in [3.63, 3.8) is 0 Å². The molecule has 0 fully saturated rings. The topological polar surface area (TPSA) is 29.9 Å². The van der Waals surface area contributed by atoms with Crippen molar-refractivity contribution in [2.24, 2.45) is 7.05 Å². The lowest BCUT2D eigenvalue weighted by atomic mass is 9.96. The van der Waals surface area contributed by atoms with Gasteiger partial charge in [0.15, 0.2) is 0 Å². The van der Waals surface area contributed by atoms with Crippen LogP contribution in [0.4, 0.5) is 0 Å². The van der Waals surface area contributed by atoms with Crippen molar-refractivity contribution in [2.75, 3.05) is 0 Å². The minimum absolute atomic E-state index is 0.342. The largest absolute Gasteiger partial charge is 0.305 e. The maximum Gasteiger partial charge on any atom is 0.0518 e. The SMILES string of the molecule is Cc1cc(C)c(C(C)NCc2ccnn2C)cc1C. The van der Waals surface area contributed by atoms with Gasteiger partial charge in [0.1, 0.15) is 0 Å². The zero-order valence-corrected chi connectivity index (χ0v) is 12.5. The highest BCUT2D eigenvalue weighted by atomic mass is 15.3. The van der Waals surface area contributed by atoms with Crippen molar-refractivity contribution in [3.8, 4) is 0 Å². The molecule has 19 heavy (non-hydrogen) atoms. The van der Waals surface area contributed by atoms with Gasteiger partial charge in [0, 0.05) is 25.8 Å². The first-order chi connectivity index (χ1) is 8.99. The molecule has 102 valence electrons. The molecular formula is C16H23N3. The van der Waals surface area contributed by atoms with E-state index in [9.17, 15) is 0 Å². The van der Waals surface area contributed by atoms with Crippen LogP contribution in [0.25, 0.3) is 0 Å². The van der Waals surface area contributed by atoms with Crippen LogP contribution in [0.1, 0.15) is 40.9 Å². The quantitative estimate of drug-likeness (QED) is 0.911. The number of nitrogens with one attached hydrogen (secondary N) is 1. The van der Waals surface area contributed by atoms with Crippen LogP contribution in [-0.2, 0) is 13.6 Å². The van der Waals surface area contributed by atoms with Crippen molar-refractivity contribution in [3.05, 3.63) is 52.3 Å². The highest BCUT2D eigenvalue weighted by Crippen LogP contribution is 2.21. The molecule has 0 saturated carbocycles. The molecule has 1 unspecified atom stereocenters. The molecule has 1 aromatic heterocycles. The van der Waals surface area contributed by atoms with Crippen LogP contribution in [0.5, 0.6) is 0 Å². The standard InChI is InChI=1S/C16H23N3/c1-11-8-13(3)16(9-12(11)2)14(4)17-10-15-6-7-18-19(15)5/h6-9,14,17H,10H2,1-5H3. The fourth-order valence-electron chi connectivity index (χ4n) is 2.39. The van der Waals surface area contributed by atoms with E-state index in [0.717, 1.165) is 6.54 Å². The first-order valence-electron chi connectivity index (χ1n) is 6.77. The summed E-state index contributed by atoms with van der Waals surface area (Å²) < 4.78 is 1.91. The van der Waals surface area contributed by atoms with Gasteiger partial charge in [-0.05, 0) is 56.0 Å². The third kappa shape index (κ3) is 3.04. The summed E-state index contributed by atoms with van der Waals surface area (Å²) in [6.07, 6.45) is 1.84. The van der Waals surface area contributed by atoms with E-state index in [4.69, 9.17) is 0 Å². The van der Waals surface area contributed by atoms with E-state index < -0.39 is 0 Å². The van der Waals surface area contributed by atoms with Gasteiger partial charge < -0.3 is 5.32 Å². The second-order valence-electron chi connectivity index (χ2n) is 5.34. The van der Waals surface area contributed by atoms with E-state index in [1.54, 1.807) is 0 Å². The summed E-state index contributed by atoms with van der Waals surface area (Å²) in [6, 6.07) is 6.96. The molecule has 0 aliphatic carbocycles. The molecular weight excluding hydrogens is 234 g/mol. The summed E-state index contributed by atoms with van der Waals surface area (Å²) in [5, 5.41) is 7.76. The van der Waals surface area contributed by atoms with Crippen molar-refractivity contribution in [2.45, 2.75) is 40.3 Å². The van der Waals surface area contributed by atoms with E-state index in [2.05, 4.69) is 50.2 Å². The van der Waals surface area contributed by atoms with Crippen LogP contribution in [0.15, 0.2) is 24.4 Å². The molecule has 0 aliphatic heterocycles. The molecule has 1 heterocycles. The van der Waals surface area contributed by atoms with Crippen LogP contribution in [0.2, 0.25) is 0 Å². The van der Waals surface area contributed by atoms with Gasteiger partial charge in [0.2, 0.25) is 0 Å². The van der Waals surface area contributed by atoms with Crippen molar-refractivity contribution in [1.82, 2.24) is 15.1 Å². The predicted octanol–water partition coefficient (Wildman–Crippen LogP) is 3.20. The van der Waals surface area contributed by atoms with Crippen LogP contribution in [-0.4, -0.2) is 9.78 Å². The summed E-state index contributed by atoms with van der Waals surface area (Å²) in [6.45, 7) is 9.58. The van der Waals surface area contributed by atoms with E-state index in [1.165, 1.54) is 27.9 Å². The normalized spacial score (nSPS) is 12.7. The smallest absolute Gasteiger partial charge is 0.0518 e. The Morgan fingerprint density at radius 1 is 1.16 bits per heavy atom. The van der Waals surface area contributed by atoms with Crippen LogP contribution < -0.4 is 5.32 Å². The summed E-state index contributed by atoms with van der Waals surface area (Å²) >= 11 is 0. The van der Waals surface area contributed by atoms with E-state index in [0.29, 0.717) is 6.04 Å². The van der Waals surface area contributed by atoms with Gasteiger partial charge in [-0.1, -0.05) is 12.1 Å². The molecule has 2 rings (SSSR count). The molecule has 0 spiro atoms. The average molecular weight is 257 g/mol. The Hall–Kier alpha value is -1.61. The second-order valence-corrected chi connectivity index (χ2v) is 5.34. The molecule has 3 nitrogen and oxygen atoms in total. The number of hydrogen-bond acceptors (Lipinski definition) is 2. The maximum absolute atomic E-state index is 4.19. The number of hydrogen-bond donors (Lipinski definition) is 1. The van der Waals surface area contributed by atoms with E-state index in [-0.39, 0.29) is 0 Å². The Labute approximate surface area is 115 Å². The Bertz CT molecular complexity index is 569. The van der Waals surface area contributed by atoms with Gasteiger partial charge in [0.25, 0.3) is 0 Å². The number of rotatable bonds is 4. The Kier molecular flexibility index (Phi) is 4.05. The van der Waals surface area contributed by atoms with Crippen LogP contribution >= 0.6 is 0 Å². The molecule has 0 radical (unpaired) electrons. The summed E-state index contributed by atoms with van der Waals surface area (Å²) in [5.41, 5.74) is 6.65. The Balaban J connectivity index is 2.10. The average Bonchev–Trinajstić information content (AvgIpc) is 2.76. The zero-order valence-electron chi connectivity index (χ0n) is 12.5. The lowest BCUT2D eigenvalue weighted by Gasteiger charge is -2.18. The van der Waals surface area contributed by atoms with Crippen molar-refractivity contribution in [1.29, 1.82) is 0 Å². The minimum atomic E-state index is 0.342. The third-order valence-corrected chi connectivity index (χ3v) is 3.86. The van der Waals surface area contributed by atoms with E-state index >= 15 is 0 Å².